The fourth-order valence-corrected chi connectivity index (χ4v) is 1.39. The minimum absolute atomic E-state index is 0.516. The van der Waals surface area contributed by atoms with Crippen LogP contribution in [0.5, 0.6) is 0 Å². The number of nitrogens with one attached hydrogen (secondary N) is 1. The summed E-state index contributed by atoms with van der Waals surface area (Å²) in [5, 5.41) is 0. The Bertz CT molecular complexity index is 103. The molecule has 60 valence electrons. The zero-order chi connectivity index (χ0) is 7.56. The average Bonchev–Trinajstić information content (AvgIpc) is 2.34. The molecule has 0 radical (unpaired) electrons. The summed E-state index contributed by atoms with van der Waals surface area (Å²) < 4.78 is 0. The Morgan fingerprint density at radius 2 is 2.30 bits per heavy atom. The average molecular weight is 143 g/mol. The van der Waals surface area contributed by atoms with E-state index in [0.717, 1.165) is 6.54 Å². The molecule has 0 aromatic rings. The number of hydrogen-bond donors (Lipinski definition) is 2. The molecule has 3 N–H and O–H groups in total. The maximum atomic E-state index is 5.32. The summed E-state index contributed by atoms with van der Waals surface area (Å²) >= 11 is 0. The number of nitrogens with zero attached hydrogens (tertiary/aromatic N) is 1. The van der Waals surface area contributed by atoms with Gasteiger partial charge in [-0.25, -0.2) is 0 Å². The molecule has 1 rings (SSSR count). The predicted molar refractivity (Wildman–Crippen MR) is 42.4 cm³/mol. The van der Waals surface area contributed by atoms with Crippen molar-refractivity contribution >= 4 is 0 Å². The Hall–Kier alpha value is -0.120. The van der Waals surface area contributed by atoms with E-state index >= 15 is 0 Å². The largest absolute Gasteiger partial charge is 0.299 e. The molecule has 10 heavy (non-hydrogen) atoms. The van der Waals surface area contributed by atoms with Gasteiger partial charge < -0.3 is 0 Å². The first-order valence-corrected chi connectivity index (χ1v) is 3.94. The lowest BCUT2D eigenvalue weighted by Gasteiger charge is -2.19. The van der Waals surface area contributed by atoms with Crippen LogP contribution < -0.4 is 11.3 Å². The molecule has 3 nitrogen and oxygen atoms in total. The van der Waals surface area contributed by atoms with Crippen molar-refractivity contribution in [2.24, 2.45) is 5.84 Å². The van der Waals surface area contributed by atoms with E-state index in [2.05, 4.69) is 24.2 Å². The molecule has 0 amide bonds. The SMILES string of the molecule is CC(C)N1CCC(NN)C1. The van der Waals surface area contributed by atoms with Crippen molar-refractivity contribution in [2.75, 3.05) is 13.1 Å². The highest BCUT2D eigenvalue weighted by atomic mass is 15.3. The topological polar surface area (TPSA) is 41.3 Å². The Kier molecular flexibility index (Phi) is 2.65. The van der Waals surface area contributed by atoms with Gasteiger partial charge in [0.1, 0.15) is 0 Å². The zero-order valence-corrected chi connectivity index (χ0v) is 6.80. The van der Waals surface area contributed by atoms with Crippen molar-refractivity contribution in [1.29, 1.82) is 0 Å². The Morgan fingerprint density at radius 1 is 1.60 bits per heavy atom. The summed E-state index contributed by atoms with van der Waals surface area (Å²) in [6, 6.07) is 1.18. The molecule has 1 heterocycles. The van der Waals surface area contributed by atoms with E-state index in [9.17, 15) is 0 Å². The second-order valence-corrected chi connectivity index (χ2v) is 3.24. The van der Waals surface area contributed by atoms with Crippen molar-refractivity contribution in [3.8, 4) is 0 Å². The van der Waals surface area contributed by atoms with E-state index in [-0.39, 0.29) is 0 Å². The number of hydrogen-bond acceptors (Lipinski definition) is 3. The van der Waals surface area contributed by atoms with Gasteiger partial charge in [0, 0.05) is 25.2 Å². The van der Waals surface area contributed by atoms with Crippen LogP contribution in [0.15, 0.2) is 0 Å². The third-order valence-electron chi connectivity index (χ3n) is 2.19. The summed E-state index contributed by atoms with van der Waals surface area (Å²) in [5.41, 5.74) is 2.81. The lowest BCUT2D eigenvalue weighted by atomic mass is 10.3. The Morgan fingerprint density at radius 3 is 2.60 bits per heavy atom. The minimum Gasteiger partial charge on any atom is -0.299 e. The van der Waals surface area contributed by atoms with Crippen LogP contribution in [0.25, 0.3) is 0 Å². The first kappa shape index (κ1) is 7.98. The fourth-order valence-electron chi connectivity index (χ4n) is 1.39. The third kappa shape index (κ3) is 1.68. The van der Waals surface area contributed by atoms with Gasteiger partial charge in [0.15, 0.2) is 0 Å². The molecule has 0 aromatic heterocycles. The van der Waals surface area contributed by atoms with Crippen LogP contribution in [0.2, 0.25) is 0 Å². The van der Waals surface area contributed by atoms with Crippen LogP contribution >= 0.6 is 0 Å². The molecular formula is C7H17N3. The molecule has 0 bridgehead atoms. The number of hydrazine groups is 1. The maximum absolute atomic E-state index is 5.32. The summed E-state index contributed by atoms with van der Waals surface area (Å²) in [4.78, 5) is 2.44. The van der Waals surface area contributed by atoms with Crippen LogP contribution in [0.1, 0.15) is 20.3 Å². The van der Waals surface area contributed by atoms with Gasteiger partial charge in [-0.3, -0.25) is 16.2 Å². The van der Waals surface area contributed by atoms with E-state index in [0.29, 0.717) is 12.1 Å². The molecular weight excluding hydrogens is 126 g/mol. The van der Waals surface area contributed by atoms with Crippen molar-refractivity contribution in [1.82, 2.24) is 10.3 Å². The van der Waals surface area contributed by atoms with Crippen LogP contribution in [0, 0.1) is 0 Å². The molecule has 0 aliphatic carbocycles. The van der Waals surface area contributed by atoms with Gasteiger partial charge in [-0.05, 0) is 20.3 Å². The van der Waals surface area contributed by atoms with Crippen LogP contribution in [0.3, 0.4) is 0 Å². The molecule has 1 aliphatic heterocycles. The summed E-state index contributed by atoms with van der Waals surface area (Å²) in [5.74, 6) is 5.32. The van der Waals surface area contributed by atoms with Crippen LogP contribution in [-0.4, -0.2) is 30.1 Å². The van der Waals surface area contributed by atoms with Gasteiger partial charge in [-0.2, -0.15) is 0 Å². The summed E-state index contributed by atoms with van der Waals surface area (Å²) in [6.07, 6.45) is 1.19. The third-order valence-corrected chi connectivity index (χ3v) is 2.19. The van der Waals surface area contributed by atoms with Gasteiger partial charge in [-0.1, -0.05) is 0 Å². The van der Waals surface area contributed by atoms with Crippen molar-refractivity contribution in [3.63, 3.8) is 0 Å². The minimum atomic E-state index is 0.516. The van der Waals surface area contributed by atoms with Gasteiger partial charge in [-0.15, -0.1) is 0 Å². The number of rotatable bonds is 2. The smallest absolute Gasteiger partial charge is 0.0350 e. The van der Waals surface area contributed by atoms with Gasteiger partial charge in [0.2, 0.25) is 0 Å². The van der Waals surface area contributed by atoms with Crippen molar-refractivity contribution in [3.05, 3.63) is 0 Å². The van der Waals surface area contributed by atoms with Gasteiger partial charge >= 0.3 is 0 Å². The van der Waals surface area contributed by atoms with E-state index < -0.39 is 0 Å². The molecule has 1 atom stereocenters. The van der Waals surface area contributed by atoms with E-state index in [1.807, 2.05) is 0 Å². The molecule has 1 saturated heterocycles. The molecule has 1 fully saturated rings. The summed E-state index contributed by atoms with van der Waals surface area (Å²) in [7, 11) is 0. The monoisotopic (exact) mass is 143 g/mol. The standard InChI is InChI=1S/C7H17N3/c1-6(2)10-4-3-7(5-10)9-8/h6-7,9H,3-5,8H2,1-2H3. The zero-order valence-electron chi connectivity index (χ0n) is 6.80. The van der Waals surface area contributed by atoms with Crippen LogP contribution in [0.4, 0.5) is 0 Å². The fraction of sp³-hybridized carbons (Fsp3) is 1.00. The predicted octanol–water partition coefficient (Wildman–Crippen LogP) is -0.0676. The Balaban J connectivity index is 2.28. The highest BCUT2D eigenvalue weighted by Crippen LogP contribution is 2.10. The molecule has 3 heteroatoms. The molecule has 0 saturated carbocycles. The van der Waals surface area contributed by atoms with Gasteiger partial charge in [0.25, 0.3) is 0 Å². The summed E-state index contributed by atoms with van der Waals surface area (Å²) in [6.45, 7) is 6.73. The van der Waals surface area contributed by atoms with E-state index in [4.69, 9.17) is 5.84 Å². The van der Waals surface area contributed by atoms with E-state index in [1.165, 1.54) is 13.0 Å². The highest BCUT2D eigenvalue weighted by Gasteiger charge is 2.22. The first-order chi connectivity index (χ1) is 4.74. The van der Waals surface area contributed by atoms with Crippen molar-refractivity contribution in [2.45, 2.75) is 32.4 Å². The molecule has 1 unspecified atom stereocenters. The first-order valence-electron chi connectivity index (χ1n) is 3.94. The number of likely N-dealkylation sites (tertiary alicyclic amines) is 1. The lowest BCUT2D eigenvalue weighted by molar-refractivity contribution is 0.268. The lowest BCUT2D eigenvalue weighted by Crippen LogP contribution is -2.38. The van der Waals surface area contributed by atoms with Crippen LogP contribution in [-0.2, 0) is 0 Å². The maximum Gasteiger partial charge on any atom is 0.0350 e. The highest BCUT2D eigenvalue weighted by molar-refractivity contribution is 4.80. The molecule has 0 aromatic carbocycles. The Labute approximate surface area is 62.5 Å². The molecule has 0 spiro atoms. The van der Waals surface area contributed by atoms with E-state index in [1.54, 1.807) is 0 Å². The second kappa shape index (κ2) is 3.32. The second-order valence-electron chi connectivity index (χ2n) is 3.24. The molecule has 1 aliphatic rings. The normalized spacial score (nSPS) is 28.2. The quantitative estimate of drug-likeness (QED) is 0.420. The number of nitrogens with two attached hydrogens (primary N) is 1. The van der Waals surface area contributed by atoms with Crippen molar-refractivity contribution < 1.29 is 0 Å². The van der Waals surface area contributed by atoms with Gasteiger partial charge in [0.05, 0.1) is 0 Å².